The van der Waals surface area contributed by atoms with E-state index in [1.54, 1.807) is 55.9 Å². The normalized spacial score (nSPS) is 11.9. The van der Waals surface area contributed by atoms with Crippen LogP contribution in [0.5, 0.6) is 0 Å². The zero-order valence-electron chi connectivity index (χ0n) is 19.4. The quantitative estimate of drug-likeness (QED) is 0.374. The fraction of sp³-hybridized carbons (Fsp3) is 0.240. The number of nitriles is 1. The van der Waals surface area contributed by atoms with E-state index < -0.39 is 15.9 Å². The standard InChI is InChI=1S/C25H27N5O3S/c1-4-27-25(31)20(17-26)15-21-18-30(22-12-8-7-9-13-22)28-24(21)19-11-10-14-23(16-19)34(32,33)29(5-2)6-3/h7-16,18H,4-6H2,1-3H3,(H,27,31)/b20-15-. The second-order valence-corrected chi connectivity index (χ2v) is 9.30. The molecule has 0 aliphatic heterocycles. The molecule has 0 saturated carbocycles. The number of aromatic nitrogens is 2. The number of amides is 1. The molecule has 9 heteroatoms. The van der Waals surface area contributed by atoms with Crippen molar-refractivity contribution in [1.82, 2.24) is 19.4 Å². The van der Waals surface area contributed by atoms with E-state index in [2.05, 4.69) is 10.4 Å². The number of benzene rings is 2. The molecule has 0 aliphatic carbocycles. The van der Waals surface area contributed by atoms with Crippen molar-refractivity contribution in [3.05, 3.63) is 71.9 Å². The number of nitrogens with zero attached hydrogens (tertiary/aromatic N) is 4. The summed E-state index contributed by atoms with van der Waals surface area (Å²) < 4.78 is 29.2. The first-order chi connectivity index (χ1) is 16.3. The van der Waals surface area contributed by atoms with Crippen LogP contribution in [0.4, 0.5) is 0 Å². The van der Waals surface area contributed by atoms with Crippen molar-refractivity contribution in [1.29, 1.82) is 5.26 Å². The van der Waals surface area contributed by atoms with E-state index in [-0.39, 0.29) is 10.5 Å². The fourth-order valence-electron chi connectivity index (χ4n) is 3.51. The molecular weight excluding hydrogens is 450 g/mol. The lowest BCUT2D eigenvalue weighted by molar-refractivity contribution is -0.116. The number of sulfonamides is 1. The summed E-state index contributed by atoms with van der Waals surface area (Å²) in [6, 6.07) is 17.9. The highest BCUT2D eigenvalue weighted by Crippen LogP contribution is 2.28. The maximum absolute atomic E-state index is 13.1. The monoisotopic (exact) mass is 477 g/mol. The third kappa shape index (κ3) is 5.25. The van der Waals surface area contributed by atoms with Crippen molar-refractivity contribution in [3.63, 3.8) is 0 Å². The summed E-state index contributed by atoms with van der Waals surface area (Å²) in [5, 5.41) is 16.8. The summed E-state index contributed by atoms with van der Waals surface area (Å²) in [5.41, 5.74) is 2.25. The van der Waals surface area contributed by atoms with Gasteiger partial charge in [-0.2, -0.15) is 14.7 Å². The average Bonchev–Trinajstić information content (AvgIpc) is 3.28. The Kier molecular flexibility index (Phi) is 7.99. The van der Waals surface area contributed by atoms with Gasteiger partial charge in [0.2, 0.25) is 10.0 Å². The minimum Gasteiger partial charge on any atom is -0.352 e. The van der Waals surface area contributed by atoms with Crippen LogP contribution in [0.1, 0.15) is 26.3 Å². The van der Waals surface area contributed by atoms with Crippen molar-refractivity contribution in [2.24, 2.45) is 0 Å². The maximum Gasteiger partial charge on any atom is 0.261 e. The van der Waals surface area contributed by atoms with Crippen molar-refractivity contribution in [2.75, 3.05) is 19.6 Å². The number of para-hydroxylation sites is 1. The molecule has 2 aromatic carbocycles. The van der Waals surface area contributed by atoms with Gasteiger partial charge >= 0.3 is 0 Å². The van der Waals surface area contributed by atoms with Crippen LogP contribution in [-0.4, -0.2) is 48.0 Å². The first-order valence-electron chi connectivity index (χ1n) is 11.0. The Morgan fingerprint density at radius 1 is 1.12 bits per heavy atom. The molecule has 3 rings (SSSR count). The zero-order valence-corrected chi connectivity index (χ0v) is 20.2. The highest BCUT2D eigenvalue weighted by Gasteiger charge is 2.23. The summed E-state index contributed by atoms with van der Waals surface area (Å²) >= 11 is 0. The fourth-order valence-corrected chi connectivity index (χ4v) is 5.01. The van der Waals surface area contributed by atoms with E-state index >= 15 is 0 Å². The molecule has 1 aromatic heterocycles. The smallest absolute Gasteiger partial charge is 0.261 e. The molecule has 1 amide bonds. The van der Waals surface area contributed by atoms with E-state index in [9.17, 15) is 18.5 Å². The first-order valence-corrected chi connectivity index (χ1v) is 12.4. The summed E-state index contributed by atoms with van der Waals surface area (Å²) in [4.78, 5) is 12.5. The Balaban J connectivity index is 2.19. The van der Waals surface area contributed by atoms with Crippen LogP contribution in [0.2, 0.25) is 0 Å². The van der Waals surface area contributed by atoms with Gasteiger partial charge in [-0.25, -0.2) is 13.1 Å². The van der Waals surface area contributed by atoms with Gasteiger partial charge in [-0.3, -0.25) is 4.79 Å². The molecule has 0 radical (unpaired) electrons. The van der Waals surface area contributed by atoms with Crippen molar-refractivity contribution in [2.45, 2.75) is 25.7 Å². The summed E-state index contributed by atoms with van der Waals surface area (Å²) in [6.07, 6.45) is 3.19. The zero-order chi connectivity index (χ0) is 24.7. The molecule has 0 saturated heterocycles. The van der Waals surface area contributed by atoms with Crippen LogP contribution in [0.3, 0.4) is 0 Å². The molecule has 34 heavy (non-hydrogen) atoms. The van der Waals surface area contributed by atoms with Gasteiger partial charge in [-0.1, -0.05) is 44.2 Å². The molecule has 8 nitrogen and oxygen atoms in total. The second-order valence-electron chi connectivity index (χ2n) is 7.36. The molecule has 176 valence electrons. The van der Waals surface area contributed by atoms with Gasteiger partial charge in [0.15, 0.2) is 0 Å². The number of carbonyl (C=O) groups is 1. The minimum absolute atomic E-state index is 0.0670. The van der Waals surface area contributed by atoms with Gasteiger partial charge in [0, 0.05) is 37.0 Å². The number of carbonyl (C=O) groups excluding carboxylic acids is 1. The number of rotatable bonds is 9. The SMILES string of the molecule is CCNC(=O)/C(C#N)=C\c1cn(-c2ccccc2)nc1-c1cccc(S(=O)(=O)N(CC)CC)c1. The number of hydrogen-bond donors (Lipinski definition) is 1. The molecule has 0 unspecified atom stereocenters. The Morgan fingerprint density at radius 2 is 1.82 bits per heavy atom. The highest BCUT2D eigenvalue weighted by molar-refractivity contribution is 7.89. The average molecular weight is 478 g/mol. The molecule has 0 spiro atoms. The third-order valence-electron chi connectivity index (χ3n) is 5.22. The van der Waals surface area contributed by atoms with Crippen molar-refractivity contribution in [3.8, 4) is 23.0 Å². The van der Waals surface area contributed by atoms with Gasteiger partial charge in [0.1, 0.15) is 17.3 Å². The first kappa shape index (κ1) is 24.9. The van der Waals surface area contributed by atoms with Crippen LogP contribution in [0, 0.1) is 11.3 Å². The lowest BCUT2D eigenvalue weighted by atomic mass is 10.1. The van der Waals surface area contributed by atoms with Gasteiger partial charge in [-0.15, -0.1) is 0 Å². The molecule has 0 fully saturated rings. The van der Waals surface area contributed by atoms with Gasteiger partial charge < -0.3 is 5.32 Å². The Morgan fingerprint density at radius 3 is 2.44 bits per heavy atom. The van der Waals surface area contributed by atoms with E-state index in [1.165, 1.54) is 10.4 Å². The third-order valence-corrected chi connectivity index (χ3v) is 7.26. The molecule has 0 atom stereocenters. The van der Waals surface area contributed by atoms with E-state index in [4.69, 9.17) is 0 Å². The topological polar surface area (TPSA) is 108 Å². The highest BCUT2D eigenvalue weighted by atomic mass is 32.2. The Labute approximate surface area is 200 Å². The number of likely N-dealkylation sites (N-methyl/N-ethyl adjacent to an activating group) is 1. The maximum atomic E-state index is 13.1. The molecule has 0 bridgehead atoms. The Hall–Kier alpha value is -3.74. The largest absolute Gasteiger partial charge is 0.352 e. The van der Waals surface area contributed by atoms with Crippen LogP contribution < -0.4 is 5.32 Å². The minimum atomic E-state index is -3.67. The predicted octanol–water partition coefficient (Wildman–Crippen LogP) is 3.61. The lowest BCUT2D eigenvalue weighted by Crippen LogP contribution is -2.30. The van der Waals surface area contributed by atoms with Crippen LogP contribution in [0.25, 0.3) is 23.0 Å². The van der Waals surface area contributed by atoms with E-state index in [0.29, 0.717) is 36.5 Å². The van der Waals surface area contributed by atoms with Crippen molar-refractivity contribution < 1.29 is 13.2 Å². The molecule has 1 N–H and O–H groups in total. The predicted molar refractivity (Wildman–Crippen MR) is 131 cm³/mol. The molecule has 3 aromatic rings. The molecular formula is C25H27N5O3S. The van der Waals surface area contributed by atoms with Crippen LogP contribution >= 0.6 is 0 Å². The number of hydrogen-bond acceptors (Lipinski definition) is 5. The summed E-state index contributed by atoms with van der Waals surface area (Å²) in [6.45, 7) is 6.46. The summed E-state index contributed by atoms with van der Waals surface area (Å²) in [5.74, 6) is -0.485. The van der Waals surface area contributed by atoms with Gasteiger partial charge in [0.25, 0.3) is 5.91 Å². The van der Waals surface area contributed by atoms with Crippen molar-refractivity contribution >= 4 is 22.0 Å². The van der Waals surface area contributed by atoms with Gasteiger partial charge in [0.05, 0.1) is 10.6 Å². The summed E-state index contributed by atoms with van der Waals surface area (Å²) in [7, 11) is -3.67. The second kappa shape index (κ2) is 10.9. The lowest BCUT2D eigenvalue weighted by Gasteiger charge is -2.18. The van der Waals surface area contributed by atoms with E-state index in [1.807, 2.05) is 36.4 Å². The van der Waals surface area contributed by atoms with Gasteiger partial charge in [-0.05, 0) is 37.3 Å². The van der Waals surface area contributed by atoms with E-state index in [0.717, 1.165) is 5.69 Å². The Bertz CT molecular complexity index is 1330. The van der Waals surface area contributed by atoms with Crippen LogP contribution in [0.15, 0.2) is 71.3 Å². The van der Waals surface area contributed by atoms with Crippen LogP contribution in [-0.2, 0) is 14.8 Å². The molecule has 0 aliphatic rings. The molecule has 1 heterocycles. The number of nitrogens with one attached hydrogen (secondary N) is 1.